The summed E-state index contributed by atoms with van der Waals surface area (Å²) in [5.74, 6) is 0. The Labute approximate surface area is 119 Å². The molecule has 1 aromatic heterocycles. The minimum absolute atomic E-state index is 0.191. The zero-order chi connectivity index (χ0) is 12.4. The van der Waals surface area contributed by atoms with Gasteiger partial charge in [0.05, 0.1) is 6.04 Å². The van der Waals surface area contributed by atoms with Gasteiger partial charge in [-0.1, -0.05) is 27.5 Å². The maximum absolute atomic E-state index is 6.10. The second kappa shape index (κ2) is 5.53. The van der Waals surface area contributed by atoms with Crippen LogP contribution in [0, 0.1) is 6.92 Å². The van der Waals surface area contributed by atoms with E-state index in [9.17, 15) is 0 Å². The SMILES string of the molecule is CNC(c1cc(Cl)cc(Br)c1)c1ccsc1C. The molecule has 0 amide bonds. The Kier molecular flexibility index (Phi) is 4.26. The molecule has 17 heavy (non-hydrogen) atoms. The van der Waals surface area contributed by atoms with Crippen molar-refractivity contribution in [2.75, 3.05) is 7.05 Å². The van der Waals surface area contributed by atoms with Crippen LogP contribution in [0.5, 0.6) is 0 Å². The van der Waals surface area contributed by atoms with Crippen LogP contribution in [-0.4, -0.2) is 7.05 Å². The summed E-state index contributed by atoms with van der Waals surface area (Å²) in [4.78, 5) is 1.33. The molecule has 0 spiro atoms. The molecule has 0 radical (unpaired) electrons. The summed E-state index contributed by atoms with van der Waals surface area (Å²) in [5, 5.41) is 6.22. The Morgan fingerprint density at radius 1 is 1.35 bits per heavy atom. The topological polar surface area (TPSA) is 12.0 Å². The molecule has 0 fully saturated rings. The van der Waals surface area contributed by atoms with E-state index in [2.05, 4.69) is 45.7 Å². The van der Waals surface area contributed by atoms with E-state index in [1.165, 1.54) is 16.0 Å². The average molecular weight is 331 g/mol. The Morgan fingerprint density at radius 2 is 2.12 bits per heavy atom. The highest BCUT2D eigenvalue weighted by Gasteiger charge is 2.15. The normalized spacial score (nSPS) is 12.7. The molecule has 1 atom stereocenters. The van der Waals surface area contributed by atoms with Crippen molar-refractivity contribution in [3.05, 3.63) is 55.1 Å². The van der Waals surface area contributed by atoms with Crippen molar-refractivity contribution in [1.82, 2.24) is 5.32 Å². The lowest BCUT2D eigenvalue weighted by molar-refractivity contribution is 0.690. The molecular formula is C13H13BrClNS. The predicted octanol–water partition coefficient (Wildman–Crippen LogP) is 4.78. The van der Waals surface area contributed by atoms with Crippen molar-refractivity contribution >= 4 is 38.9 Å². The van der Waals surface area contributed by atoms with E-state index in [1.807, 2.05) is 19.2 Å². The van der Waals surface area contributed by atoms with Crippen molar-refractivity contribution in [1.29, 1.82) is 0 Å². The van der Waals surface area contributed by atoms with Gasteiger partial charge in [0.2, 0.25) is 0 Å². The molecule has 1 unspecified atom stereocenters. The summed E-state index contributed by atoms with van der Waals surface area (Å²) in [6.45, 7) is 2.14. The van der Waals surface area contributed by atoms with Crippen LogP contribution < -0.4 is 5.32 Å². The van der Waals surface area contributed by atoms with Crippen LogP contribution in [0.15, 0.2) is 34.1 Å². The highest BCUT2D eigenvalue weighted by molar-refractivity contribution is 9.10. The predicted molar refractivity (Wildman–Crippen MR) is 79.1 cm³/mol. The van der Waals surface area contributed by atoms with E-state index in [-0.39, 0.29) is 6.04 Å². The molecule has 1 N–H and O–H groups in total. The lowest BCUT2D eigenvalue weighted by atomic mass is 10.00. The van der Waals surface area contributed by atoms with E-state index >= 15 is 0 Å². The molecule has 4 heteroatoms. The summed E-state index contributed by atoms with van der Waals surface area (Å²) < 4.78 is 1.01. The fraction of sp³-hybridized carbons (Fsp3) is 0.231. The first-order valence-electron chi connectivity index (χ1n) is 5.29. The molecule has 2 rings (SSSR count). The molecule has 0 aliphatic heterocycles. The molecule has 0 aliphatic rings. The van der Waals surface area contributed by atoms with Gasteiger partial charge in [-0.2, -0.15) is 0 Å². The molecule has 0 saturated heterocycles. The monoisotopic (exact) mass is 329 g/mol. The van der Waals surface area contributed by atoms with Crippen LogP contribution in [0.3, 0.4) is 0 Å². The van der Waals surface area contributed by atoms with Crippen molar-refractivity contribution in [3.8, 4) is 0 Å². The Balaban J connectivity index is 2.45. The third-order valence-corrected chi connectivity index (χ3v) is 4.25. The highest BCUT2D eigenvalue weighted by Crippen LogP contribution is 2.31. The third kappa shape index (κ3) is 2.91. The Hall–Kier alpha value is -0.350. The Morgan fingerprint density at radius 3 is 2.65 bits per heavy atom. The van der Waals surface area contributed by atoms with Crippen molar-refractivity contribution in [3.63, 3.8) is 0 Å². The second-order valence-corrected chi connectivity index (χ2v) is 6.33. The van der Waals surface area contributed by atoms with Gasteiger partial charge in [0.25, 0.3) is 0 Å². The number of nitrogens with one attached hydrogen (secondary N) is 1. The molecule has 1 heterocycles. The van der Waals surface area contributed by atoms with Crippen LogP contribution in [0.1, 0.15) is 22.0 Å². The summed E-state index contributed by atoms with van der Waals surface area (Å²) in [5.41, 5.74) is 2.49. The minimum atomic E-state index is 0.191. The molecule has 90 valence electrons. The lowest BCUT2D eigenvalue weighted by Crippen LogP contribution is -2.17. The van der Waals surface area contributed by atoms with E-state index in [0.717, 1.165) is 9.50 Å². The molecular weight excluding hydrogens is 318 g/mol. The first-order valence-corrected chi connectivity index (χ1v) is 7.34. The first kappa shape index (κ1) is 13.1. The number of benzene rings is 1. The van der Waals surface area contributed by atoms with Crippen LogP contribution in [0.25, 0.3) is 0 Å². The van der Waals surface area contributed by atoms with Crippen molar-refractivity contribution in [2.24, 2.45) is 0 Å². The summed E-state index contributed by atoms with van der Waals surface area (Å²) >= 11 is 11.3. The summed E-state index contributed by atoms with van der Waals surface area (Å²) in [7, 11) is 1.97. The molecule has 0 aliphatic carbocycles. The van der Waals surface area contributed by atoms with Gasteiger partial charge in [0.1, 0.15) is 0 Å². The van der Waals surface area contributed by atoms with E-state index in [4.69, 9.17) is 11.6 Å². The Bertz CT molecular complexity index is 504. The van der Waals surface area contributed by atoms with Crippen molar-refractivity contribution < 1.29 is 0 Å². The van der Waals surface area contributed by atoms with Crippen molar-refractivity contribution in [2.45, 2.75) is 13.0 Å². The molecule has 1 nitrogen and oxygen atoms in total. The van der Waals surface area contributed by atoms with Gasteiger partial charge >= 0.3 is 0 Å². The van der Waals surface area contributed by atoms with Gasteiger partial charge in [0, 0.05) is 14.4 Å². The van der Waals surface area contributed by atoms with E-state index in [1.54, 1.807) is 11.3 Å². The smallest absolute Gasteiger partial charge is 0.0586 e. The van der Waals surface area contributed by atoms with E-state index in [0.29, 0.717) is 0 Å². The van der Waals surface area contributed by atoms with Gasteiger partial charge in [-0.25, -0.2) is 0 Å². The fourth-order valence-electron chi connectivity index (χ4n) is 1.94. The van der Waals surface area contributed by atoms with E-state index < -0.39 is 0 Å². The molecule has 1 aromatic carbocycles. The van der Waals surface area contributed by atoms with Gasteiger partial charge < -0.3 is 5.32 Å². The average Bonchev–Trinajstić information content (AvgIpc) is 2.65. The zero-order valence-corrected chi connectivity index (χ0v) is 12.8. The second-order valence-electron chi connectivity index (χ2n) is 3.86. The molecule has 2 aromatic rings. The first-order chi connectivity index (χ1) is 8.11. The molecule has 0 bridgehead atoms. The summed E-state index contributed by atoms with van der Waals surface area (Å²) in [6.07, 6.45) is 0. The number of rotatable bonds is 3. The maximum Gasteiger partial charge on any atom is 0.0586 e. The highest BCUT2D eigenvalue weighted by atomic mass is 79.9. The van der Waals surface area contributed by atoms with Gasteiger partial charge in [0.15, 0.2) is 0 Å². The lowest BCUT2D eigenvalue weighted by Gasteiger charge is -2.17. The number of thiophene rings is 1. The quantitative estimate of drug-likeness (QED) is 0.854. The number of halogens is 2. The number of hydrogen-bond acceptors (Lipinski definition) is 2. The van der Waals surface area contributed by atoms with Gasteiger partial charge in [-0.05, 0) is 54.7 Å². The van der Waals surface area contributed by atoms with Crippen LogP contribution >= 0.6 is 38.9 Å². The minimum Gasteiger partial charge on any atom is -0.309 e. The van der Waals surface area contributed by atoms with Gasteiger partial charge in [-0.3, -0.25) is 0 Å². The zero-order valence-electron chi connectivity index (χ0n) is 9.63. The van der Waals surface area contributed by atoms with Crippen LogP contribution in [0.2, 0.25) is 5.02 Å². The van der Waals surface area contributed by atoms with Crippen LogP contribution in [0.4, 0.5) is 0 Å². The molecule has 0 saturated carbocycles. The number of aryl methyl sites for hydroxylation is 1. The fourth-order valence-corrected chi connectivity index (χ4v) is 3.56. The largest absolute Gasteiger partial charge is 0.309 e. The van der Waals surface area contributed by atoms with Gasteiger partial charge in [-0.15, -0.1) is 11.3 Å². The maximum atomic E-state index is 6.10. The standard InChI is InChI=1S/C13H13BrClNS/c1-8-12(3-4-17-8)13(16-2)9-5-10(14)7-11(15)6-9/h3-7,13,16H,1-2H3. The third-order valence-electron chi connectivity index (χ3n) is 2.72. The summed E-state index contributed by atoms with van der Waals surface area (Å²) in [6, 6.07) is 8.36. The van der Waals surface area contributed by atoms with Crippen LogP contribution in [-0.2, 0) is 0 Å². The number of hydrogen-bond donors (Lipinski definition) is 1.